The molecule has 2 rings (SSSR count). The largest absolute Gasteiger partial charge is 0.497 e. The van der Waals surface area contributed by atoms with Crippen molar-refractivity contribution in [1.29, 1.82) is 0 Å². The fourth-order valence-electron chi connectivity index (χ4n) is 2.11. The molecule has 2 aromatic rings. The zero-order chi connectivity index (χ0) is 18.7. The number of rotatable bonds is 7. The highest BCUT2D eigenvalue weighted by molar-refractivity contribution is 5.76. The third kappa shape index (κ3) is 6.67. The molecular formula is C20H24O5. The molecule has 0 aliphatic rings. The zero-order valence-electron chi connectivity index (χ0n) is 15.0. The van der Waals surface area contributed by atoms with Crippen molar-refractivity contribution in [2.75, 3.05) is 21.3 Å². The van der Waals surface area contributed by atoms with Crippen molar-refractivity contribution >= 4 is 12.6 Å². The quantitative estimate of drug-likeness (QED) is 0.718. The first-order valence-electron chi connectivity index (χ1n) is 7.83. The standard InChI is InChI=1S/C11H14O2.C9H10O3/c1-9(8-12)7-10-3-5-11(13-2)6-4-10;1-11-8-4-3-7(6-10)5-9(8)12-2/h3-6,8-9H,7H2,1-2H3;3-6H,1-2H3. The summed E-state index contributed by atoms with van der Waals surface area (Å²) in [4.78, 5) is 20.8. The fraction of sp³-hybridized carbons (Fsp3) is 0.300. The van der Waals surface area contributed by atoms with E-state index in [0.29, 0.717) is 17.1 Å². The van der Waals surface area contributed by atoms with Crippen molar-refractivity contribution in [2.45, 2.75) is 13.3 Å². The molecule has 0 bridgehead atoms. The molecule has 0 aromatic heterocycles. The third-order valence-electron chi connectivity index (χ3n) is 3.49. The van der Waals surface area contributed by atoms with Crippen LogP contribution in [0.4, 0.5) is 0 Å². The van der Waals surface area contributed by atoms with Crippen LogP contribution in [-0.4, -0.2) is 33.9 Å². The van der Waals surface area contributed by atoms with Crippen LogP contribution >= 0.6 is 0 Å². The van der Waals surface area contributed by atoms with Crippen LogP contribution < -0.4 is 14.2 Å². The van der Waals surface area contributed by atoms with Gasteiger partial charge >= 0.3 is 0 Å². The number of hydrogen-bond donors (Lipinski definition) is 0. The van der Waals surface area contributed by atoms with Gasteiger partial charge in [0.15, 0.2) is 11.5 Å². The Balaban J connectivity index is 0.000000251. The number of carbonyl (C=O) groups is 2. The summed E-state index contributed by atoms with van der Waals surface area (Å²) >= 11 is 0. The van der Waals surface area contributed by atoms with Gasteiger partial charge in [-0.3, -0.25) is 4.79 Å². The highest BCUT2D eigenvalue weighted by Gasteiger charge is 2.03. The van der Waals surface area contributed by atoms with Crippen LogP contribution in [0.1, 0.15) is 22.8 Å². The Morgan fingerprint density at radius 1 is 0.880 bits per heavy atom. The van der Waals surface area contributed by atoms with Gasteiger partial charge in [0.25, 0.3) is 0 Å². The molecule has 0 aliphatic heterocycles. The summed E-state index contributed by atoms with van der Waals surface area (Å²) in [7, 11) is 4.73. The number of ether oxygens (including phenoxy) is 3. The van der Waals surface area contributed by atoms with Gasteiger partial charge in [-0.2, -0.15) is 0 Å². The molecule has 134 valence electrons. The maximum absolute atomic E-state index is 10.4. The van der Waals surface area contributed by atoms with Crippen molar-refractivity contribution in [3.05, 3.63) is 53.6 Å². The van der Waals surface area contributed by atoms with E-state index in [9.17, 15) is 9.59 Å². The Morgan fingerprint density at radius 3 is 2.00 bits per heavy atom. The number of carbonyl (C=O) groups excluding carboxylic acids is 2. The van der Waals surface area contributed by atoms with E-state index in [1.54, 1.807) is 32.4 Å². The predicted molar refractivity (Wildman–Crippen MR) is 96.9 cm³/mol. The van der Waals surface area contributed by atoms with Gasteiger partial charge in [0, 0.05) is 11.5 Å². The van der Waals surface area contributed by atoms with Crippen molar-refractivity contribution in [3.63, 3.8) is 0 Å². The third-order valence-corrected chi connectivity index (χ3v) is 3.49. The van der Waals surface area contributed by atoms with Crippen molar-refractivity contribution in [2.24, 2.45) is 5.92 Å². The first-order chi connectivity index (χ1) is 12.1. The van der Waals surface area contributed by atoms with Gasteiger partial charge in [-0.15, -0.1) is 0 Å². The number of methoxy groups -OCH3 is 3. The van der Waals surface area contributed by atoms with E-state index in [2.05, 4.69) is 0 Å². The summed E-state index contributed by atoms with van der Waals surface area (Å²) in [6, 6.07) is 12.8. The lowest BCUT2D eigenvalue weighted by atomic mass is 10.0. The van der Waals surface area contributed by atoms with Crippen molar-refractivity contribution in [3.8, 4) is 17.2 Å². The Bertz CT molecular complexity index is 664. The normalized spacial score (nSPS) is 10.7. The van der Waals surface area contributed by atoms with Crippen LogP contribution in [0.15, 0.2) is 42.5 Å². The summed E-state index contributed by atoms with van der Waals surface area (Å²) in [5, 5.41) is 0. The first-order valence-corrected chi connectivity index (χ1v) is 7.83. The minimum absolute atomic E-state index is 0.0911. The van der Waals surface area contributed by atoms with Gasteiger partial charge in [-0.05, 0) is 42.3 Å². The minimum atomic E-state index is 0.0911. The van der Waals surface area contributed by atoms with E-state index in [1.807, 2.05) is 31.2 Å². The summed E-state index contributed by atoms with van der Waals surface area (Å²) in [5.41, 5.74) is 1.74. The second-order valence-corrected chi connectivity index (χ2v) is 5.40. The van der Waals surface area contributed by atoms with Gasteiger partial charge in [-0.1, -0.05) is 19.1 Å². The summed E-state index contributed by atoms with van der Waals surface area (Å²) in [6.45, 7) is 1.91. The molecule has 0 saturated carbocycles. The molecule has 25 heavy (non-hydrogen) atoms. The molecule has 0 aliphatic carbocycles. The molecule has 0 heterocycles. The Hall–Kier alpha value is -2.82. The van der Waals surface area contributed by atoms with Crippen LogP contribution in [-0.2, 0) is 11.2 Å². The highest BCUT2D eigenvalue weighted by atomic mass is 16.5. The van der Waals surface area contributed by atoms with E-state index in [0.717, 1.165) is 24.7 Å². The average Bonchev–Trinajstić information content (AvgIpc) is 2.68. The summed E-state index contributed by atoms with van der Waals surface area (Å²) < 4.78 is 15.0. The maximum Gasteiger partial charge on any atom is 0.161 e. The monoisotopic (exact) mass is 344 g/mol. The smallest absolute Gasteiger partial charge is 0.161 e. The molecule has 0 fully saturated rings. The van der Waals surface area contributed by atoms with Gasteiger partial charge in [-0.25, -0.2) is 0 Å². The predicted octanol–water partition coefficient (Wildman–Crippen LogP) is 3.59. The zero-order valence-corrected chi connectivity index (χ0v) is 15.0. The first kappa shape index (κ1) is 20.2. The number of hydrogen-bond acceptors (Lipinski definition) is 5. The molecule has 0 radical (unpaired) electrons. The van der Waals surface area contributed by atoms with E-state index in [-0.39, 0.29) is 5.92 Å². The van der Waals surface area contributed by atoms with E-state index in [4.69, 9.17) is 14.2 Å². The molecule has 0 saturated heterocycles. The Kier molecular flexibility index (Phi) is 8.79. The Labute approximate surface area is 148 Å². The molecule has 5 nitrogen and oxygen atoms in total. The average molecular weight is 344 g/mol. The lowest BCUT2D eigenvalue weighted by molar-refractivity contribution is -0.110. The molecular weight excluding hydrogens is 320 g/mol. The number of benzene rings is 2. The lowest BCUT2D eigenvalue weighted by Crippen LogP contribution is -2.00. The summed E-state index contributed by atoms with van der Waals surface area (Å²) in [5.74, 6) is 2.14. The van der Waals surface area contributed by atoms with Crippen molar-refractivity contribution in [1.82, 2.24) is 0 Å². The second kappa shape index (κ2) is 10.9. The molecule has 1 atom stereocenters. The van der Waals surface area contributed by atoms with Gasteiger partial charge in [0.2, 0.25) is 0 Å². The fourth-order valence-corrected chi connectivity index (χ4v) is 2.11. The Morgan fingerprint density at radius 2 is 1.52 bits per heavy atom. The van der Waals surface area contributed by atoms with Crippen LogP contribution in [0, 0.1) is 5.92 Å². The van der Waals surface area contributed by atoms with Crippen LogP contribution in [0.25, 0.3) is 0 Å². The minimum Gasteiger partial charge on any atom is -0.497 e. The lowest BCUT2D eigenvalue weighted by Gasteiger charge is -2.06. The van der Waals surface area contributed by atoms with Gasteiger partial charge < -0.3 is 19.0 Å². The van der Waals surface area contributed by atoms with Crippen molar-refractivity contribution < 1.29 is 23.8 Å². The van der Waals surface area contributed by atoms with E-state index in [1.165, 1.54) is 12.7 Å². The molecule has 0 spiro atoms. The SMILES string of the molecule is COc1ccc(C=O)cc1OC.COc1ccc(CC(C)C=O)cc1. The van der Waals surface area contributed by atoms with Gasteiger partial charge in [0.1, 0.15) is 18.3 Å². The van der Waals surface area contributed by atoms with E-state index >= 15 is 0 Å². The summed E-state index contributed by atoms with van der Waals surface area (Å²) in [6.07, 6.45) is 2.54. The van der Waals surface area contributed by atoms with E-state index < -0.39 is 0 Å². The van der Waals surface area contributed by atoms with Crippen LogP contribution in [0.3, 0.4) is 0 Å². The van der Waals surface area contributed by atoms with Crippen LogP contribution in [0.5, 0.6) is 17.2 Å². The molecule has 5 heteroatoms. The highest BCUT2D eigenvalue weighted by Crippen LogP contribution is 2.26. The maximum atomic E-state index is 10.4. The topological polar surface area (TPSA) is 61.8 Å². The molecule has 2 aromatic carbocycles. The van der Waals surface area contributed by atoms with Crippen LogP contribution in [0.2, 0.25) is 0 Å². The van der Waals surface area contributed by atoms with Gasteiger partial charge in [0.05, 0.1) is 21.3 Å². The molecule has 1 unspecified atom stereocenters. The molecule has 0 N–H and O–H groups in total. The molecule has 0 amide bonds. The second-order valence-electron chi connectivity index (χ2n) is 5.40. The number of aldehydes is 2.